The van der Waals surface area contributed by atoms with Crippen LogP contribution in [-0.4, -0.2) is 69.7 Å². The Kier molecular flexibility index (Phi) is 22.4. The van der Waals surface area contributed by atoms with E-state index in [-0.39, 0.29) is 12.3 Å². The minimum absolute atomic E-state index is 0.0224. The molecule has 1 unspecified atom stereocenters. The smallest absolute Gasteiger partial charge is 0.320 e. The van der Waals surface area contributed by atoms with Gasteiger partial charge in [-0.15, -0.1) is 0 Å². The van der Waals surface area contributed by atoms with E-state index in [0.29, 0.717) is 25.8 Å². The number of carboxylic acids is 3. The maximum Gasteiger partial charge on any atom is 0.320 e. The Balaban J connectivity index is 3.77. The Labute approximate surface area is 222 Å². The summed E-state index contributed by atoms with van der Waals surface area (Å²) >= 11 is 0. The van der Waals surface area contributed by atoms with Gasteiger partial charge >= 0.3 is 17.9 Å². The van der Waals surface area contributed by atoms with Crippen molar-refractivity contribution in [2.75, 3.05) is 19.6 Å². The zero-order chi connectivity index (χ0) is 27.7. The first-order valence-electron chi connectivity index (χ1n) is 14.1. The third kappa shape index (κ3) is 22.5. The molecule has 0 spiro atoms. The molecule has 0 aliphatic heterocycles. The quantitative estimate of drug-likeness (QED) is 0.0885. The standard InChI is InChI=1S/C28H50N2O7/c1-2-3-4-5-6-7-8-9-10-11-12-13-14-15-16-20-25(31)29-21-18-17-19-24(28(36)37)30(22-26(32)33)23-27(34)35/h9-10,24H,2-8,11-23H2,1H3,(H,29,31)(H,32,33)(H,34,35)(H,36,37)/b10-9-. The van der Waals surface area contributed by atoms with Crippen LogP contribution in [-0.2, 0) is 19.2 Å². The van der Waals surface area contributed by atoms with Gasteiger partial charge in [0.05, 0.1) is 13.1 Å². The van der Waals surface area contributed by atoms with Crippen LogP contribution in [0.25, 0.3) is 0 Å². The van der Waals surface area contributed by atoms with Crippen LogP contribution in [0.3, 0.4) is 0 Å². The second-order valence-corrected chi connectivity index (χ2v) is 9.73. The molecule has 0 aromatic rings. The third-order valence-corrected chi connectivity index (χ3v) is 6.29. The lowest BCUT2D eigenvalue weighted by Gasteiger charge is -2.25. The highest BCUT2D eigenvalue weighted by Crippen LogP contribution is 2.11. The number of carboxylic acid groups (broad SMARTS) is 3. The first-order valence-corrected chi connectivity index (χ1v) is 14.1. The van der Waals surface area contributed by atoms with Gasteiger partial charge in [0.1, 0.15) is 6.04 Å². The summed E-state index contributed by atoms with van der Waals surface area (Å²) in [6.45, 7) is 1.34. The van der Waals surface area contributed by atoms with E-state index in [1.165, 1.54) is 57.8 Å². The Bertz CT molecular complexity index is 651. The molecule has 0 saturated carbocycles. The predicted octanol–water partition coefficient (Wildman–Crippen LogP) is 5.23. The molecule has 9 nitrogen and oxygen atoms in total. The Hall–Kier alpha value is -2.42. The van der Waals surface area contributed by atoms with Crippen LogP contribution in [0, 0.1) is 0 Å². The molecule has 1 amide bonds. The van der Waals surface area contributed by atoms with E-state index in [9.17, 15) is 24.3 Å². The van der Waals surface area contributed by atoms with E-state index in [0.717, 1.165) is 30.6 Å². The van der Waals surface area contributed by atoms with Gasteiger partial charge in [0.25, 0.3) is 0 Å². The van der Waals surface area contributed by atoms with Crippen LogP contribution in [0.1, 0.15) is 116 Å². The number of nitrogens with one attached hydrogen (secondary N) is 1. The highest BCUT2D eigenvalue weighted by atomic mass is 16.4. The molecule has 0 heterocycles. The van der Waals surface area contributed by atoms with Gasteiger partial charge in [0.15, 0.2) is 0 Å². The van der Waals surface area contributed by atoms with E-state index in [2.05, 4.69) is 24.4 Å². The van der Waals surface area contributed by atoms with Crippen molar-refractivity contribution in [1.29, 1.82) is 0 Å². The van der Waals surface area contributed by atoms with Gasteiger partial charge in [-0.05, 0) is 51.4 Å². The number of hydrogen-bond donors (Lipinski definition) is 4. The van der Waals surface area contributed by atoms with Gasteiger partial charge in [0, 0.05) is 13.0 Å². The van der Waals surface area contributed by atoms with Gasteiger partial charge < -0.3 is 20.6 Å². The molecule has 1 atom stereocenters. The second kappa shape index (κ2) is 23.9. The van der Waals surface area contributed by atoms with E-state index in [1.54, 1.807) is 0 Å². The van der Waals surface area contributed by atoms with E-state index in [4.69, 9.17) is 10.2 Å². The molecular formula is C28H50N2O7. The monoisotopic (exact) mass is 526 g/mol. The maximum atomic E-state index is 12.0. The molecule has 0 bridgehead atoms. The predicted molar refractivity (Wildman–Crippen MR) is 145 cm³/mol. The number of carbonyl (C=O) groups excluding carboxylic acids is 1. The van der Waals surface area contributed by atoms with Crippen molar-refractivity contribution in [2.45, 2.75) is 122 Å². The highest BCUT2D eigenvalue weighted by Gasteiger charge is 2.28. The molecule has 0 saturated heterocycles. The fourth-order valence-electron chi connectivity index (χ4n) is 4.22. The fraction of sp³-hybridized carbons (Fsp3) is 0.786. The largest absolute Gasteiger partial charge is 0.480 e. The lowest BCUT2D eigenvalue weighted by atomic mass is 10.1. The van der Waals surface area contributed by atoms with E-state index < -0.39 is 37.0 Å². The average Bonchev–Trinajstić information content (AvgIpc) is 2.82. The van der Waals surface area contributed by atoms with Gasteiger partial charge in [-0.3, -0.25) is 24.1 Å². The Morgan fingerprint density at radius 3 is 1.73 bits per heavy atom. The zero-order valence-corrected chi connectivity index (χ0v) is 22.8. The van der Waals surface area contributed by atoms with Crippen molar-refractivity contribution in [3.8, 4) is 0 Å². The summed E-state index contributed by atoms with van der Waals surface area (Å²) in [7, 11) is 0. The van der Waals surface area contributed by atoms with E-state index >= 15 is 0 Å². The molecule has 0 rings (SSSR count). The van der Waals surface area contributed by atoms with Crippen molar-refractivity contribution < 1.29 is 34.5 Å². The summed E-state index contributed by atoms with van der Waals surface area (Å²) in [4.78, 5) is 46.3. The Morgan fingerprint density at radius 2 is 1.22 bits per heavy atom. The van der Waals surface area contributed by atoms with Gasteiger partial charge in [-0.1, -0.05) is 70.4 Å². The third-order valence-electron chi connectivity index (χ3n) is 6.29. The lowest BCUT2D eigenvalue weighted by molar-refractivity contribution is -0.149. The summed E-state index contributed by atoms with van der Waals surface area (Å²) in [6, 6.07) is -1.20. The van der Waals surface area contributed by atoms with Crippen LogP contribution < -0.4 is 5.32 Å². The summed E-state index contributed by atoms with van der Waals surface area (Å²) in [5.41, 5.74) is 0. The van der Waals surface area contributed by atoms with Crippen LogP contribution >= 0.6 is 0 Å². The highest BCUT2D eigenvalue weighted by molar-refractivity contribution is 5.78. The molecule has 4 N–H and O–H groups in total. The van der Waals surface area contributed by atoms with Crippen molar-refractivity contribution in [3.63, 3.8) is 0 Å². The van der Waals surface area contributed by atoms with Crippen LogP contribution in [0.5, 0.6) is 0 Å². The number of nitrogens with zero attached hydrogens (tertiary/aromatic N) is 1. The second-order valence-electron chi connectivity index (χ2n) is 9.73. The molecule has 0 aliphatic carbocycles. The molecule has 0 fully saturated rings. The SMILES string of the molecule is CCCCCCCC/C=C\CCCCCCCC(=O)NCCCCC(C(=O)O)N(CC(=O)O)CC(=O)O. The summed E-state index contributed by atoms with van der Waals surface area (Å²) in [6.07, 6.45) is 21.9. The van der Waals surface area contributed by atoms with Crippen molar-refractivity contribution in [2.24, 2.45) is 0 Å². The number of aliphatic carboxylic acids is 3. The fourth-order valence-corrected chi connectivity index (χ4v) is 4.22. The van der Waals surface area contributed by atoms with Crippen LogP contribution in [0.2, 0.25) is 0 Å². The molecule has 214 valence electrons. The zero-order valence-electron chi connectivity index (χ0n) is 22.8. The summed E-state index contributed by atoms with van der Waals surface area (Å²) in [5, 5.41) is 30.1. The summed E-state index contributed by atoms with van der Waals surface area (Å²) in [5.74, 6) is -3.84. The lowest BCUT2D eigenvalue weighted by Crippen LogP contribution is -2.46. The topological polar surface area (TPSA) is 144 Å². The number of allylic oxidation sites excluding steroid dienone is 2. The summed E-state index contributed by atoms with van der Waals surface area (Å²) < 4.78 is 0. The molecular weight excluding hydrogens is 476 g/mol. The number of hydrogen-bond acceptors (Lipinski definition) is 5. The van der Waals surface area contributed by atoms with Gasteiger partial charge in [-0.25, -0.2) is 0 Å². The van der Waals surface area contributed by atoms with Gasteiger partial charge in [-0.2, -0.15) is 0 Å². The molecule has 0 aromatic carbocycles. The number of unbranched alkanes of at least 4 members (excludes halogenated alkanes) is 12. The van der Waals surface area contributed by atoms with E-state index in [1.807, 2.05) is 0 Å². The maximum absolute atomic E-state index is 12.0. The average molecular weight is 527 g/mol. The molecule has 0 aliphatic rings. The molecule has 9 heteroatoms. The Morgan fingerprint density at radius 1 is 0.703 bits per heavy atom. The van der Waals surface area contributed by atoms with Crippen LogP contribution in [0.15, 0.2) is 12.2 Å². The first-order chi connectivity index (χ1) is 17.8. The molecule has 0 radical (unpaired) electrons. The first kappa shape index (κ1) is 34.6. The number of rotatable bonds is 26. The van der Waals surface area contributed by atoms with Crippen LogP contribution in [0.4, 0.5) is 0 Å². The normalized spacial score (nSPS) is 12.2. The minimum Gasteiger partial charge on any atom is -0.480 e. The van der Waals surface area contributed by atoms with Crippen molar-refractivity contribution >= 4 is 23.8 Å². The molecule has 0 aromatic heterocycles. The number of amides is 1. The van der Waals surface area contributed by atoms with Crippen molar-refractivity contribution in [1.82, 2.24) is 10.2 Å². The number of carbonyl (C=O) groups is 4. The van der Waals surface area contributed by atoms with Crippen molar-refractivity contribution in [3.05, 3.63) is 12.2 Å². The minimum atomic E-state index is -1.28. The van der Waals surface area contributed by atoms with Gasteiger partial charge in [0.2, 0.25) is 5.91 Å². The molecule has 37 heavy (non-hydrogen) atoms.